The molecule has 0 spiro atoms. The van der Waals surface area contributed by atoms with Gasteiger partial charge in [0.15, 0.2) is 5.82 Å². The van der Waals surface area contributed by atoms with Crippen LogP contribution in [0.5, 0.6) is 0 Å². The zero-order valence-electron chi connectivity index (χ0n) is 16.2. The van der Waals surface area contributed by atoms with Gasteiger partial charge in [-0.2, -0.15) is 25.2 Å². The summed E-state index contributed by atoms with van der Waals surface area (Å²) in [5.74, 6) is 0.578. The molecule has 0 aliphatic rings. The van der Waals surface area contributed by atoms with E-state index in [0.29, 0.717) is 23.8 Å². The molecule has 3 aromatic rings. The molecule has 142 valence electrons. The Morgan fingerprint density at radius 3 is 2.48 bits per heavy atom. The number of pyridine rings is 1. The fourth-order valence-corrected chi connectivity index (χ4v) is 2.71. The SMILES string of the molecule is Cc1ccc(C(=O)N(C)CC(C)n2ncc(C(C)C)n2)c(-n2nccn2)n1. The smallest absolute Gasteiger partial charge is 0.257 e. The maximum atomic E-state index is 13.0. The van der Waals surface area contributed by atoms with Crippen LogP contribution in [0, 0.1) is 6.92 Å². The van der Waals surface area contributed by atoms with Gasteiger partial charge in [-0.25, -0.2) is 4.98 Å². The Balaban J connectivity index is 1.79. The molecule has 1 unspecified atom stereocenters. The summed E-state index contributed by atoms with van der Waals surface area (Å²) in [5, 5.41) is 17.0. The van der Waals surface area contributed by atoms with Crippen molar-refractivity contribution in [3.63, 3.8) is 0 Å². The summed E-state index contributed by atoms with van der Waals surface area (Å²) in [6.07, 6.45) is 4.88. The van der Waals surface area contributed by atoms with Crippen LogP contribution in [0.25, 0.3) is 5.82 Å². The molecule has 0 radical (unpaired) electrons. The molecule has 0 bridgehead atoms. The van der Waals surface area contributed by atoms with E-state index >= 15 is 0 Å². The van der Waals surface area contributed by atoms with Gasteiger partial charge in [0.05, 0.1) is 35.9 Å². The number of hydrogen-bond acceptors (Lipinski definition) is 6. The average molecular weight is 368 g/mol. The van der Waals surface area contributed by atoms with Crippen LogP contribution in [0.4, 0.5) is 0 Å². The molecule has 9 heteroatoms. The third kappa shape index (κ3) is 4.02. The number of aromatic nitrogens is 7. The second-order valence-corrected chi connectivity index (χ2v) is 6.92. The first kappa shape index (κ1) is 18.7. The molecule has 1 atom stereocenters. The van der Waals surface area contributed by atoms with Crippen LogP contribution in [0.1, 0.15) is 54.5 Å². The van der Waals surface area contributed by atoms with E-state index in [4.69, 9.17) is 0 Å². The summed E-state index contributed by atoms with van der Waals surface area (Å²) in [6.45, 7) is 8.46. The van der Waals surface area contributed by atoms with Crippen LogP contribution in [0.3, 0.4) is 0 Å². The van der Waals surface area contributed by atoms with E-state index in [1.165, 1.54) is 4.80 Å². The minimum Gasteiger partial charge on any atom is -0.339 e. The first-order valence-corrected chi connectivity index (χ1v) is 8.88. The molecular formula is C18H24N8O. The number of carbonyl (C=O) groups is 1. The zero-order valence-corrected chi connectivity index (χ0v) is 16.2. The highest BCUT2D eigenvalue weighted by molar-refractivity contribution is 5.96. The monoisotopic (exact) mass is 368 g/mol. The molecule has 0 N–H and O–H groups in total. The second kappa shape index (κ2) is 7.65. The van der Waals surface area contributed by atoms with Gasteiger partial charge in [-0.3, -0.25) is 4.79 Å². The third-order valence-corrected chi connectivity index (χ3v) is 4.25. The third-order valence-electron chi connectivity index (χ3n) is 4.25. The number of likely N-dealkylation sites (N-methyl/N-ethyl adjacent to an activating group) is 1. The molecule has 1 amide bonds. The Morgan fingerprint density at radius 2 is 1.85 bits per heavy atom. The van der Waals surface area contributed by atoms with Gasteiger partial charge in [0.1, 0.15) is 0 Å². The highest BCUT2D eigenvalue weighted by atomic mass is 16.2. The number of nitrogens with zero attached hydrogens (tertiary/aromatic N) is 8. The standard InChI is InChI=1S/C18H24N8O/c1-12(2)16-10-21-25(23-16)14(4)11-24(5)18(27)15-7-6-13(3)22-17(15)26-19-8-9-20-26/h6-10,12,14H,11H2,1-5H3. The first-order chi connectivity index (χ1) is 12.9. The number of carbonyl (C=O) groups excluding carboxylic acids is 1. The van der Waals surface area contributed by atoms with Crippen molar-refractivity contribution in [1.29, 1.82) is 0 Å². The molecule has 0 aromatic carbocycles. The predicted octanol–water partition coefficient (Wildman–Crippen LogP) is 2.02. The molecule has 0 aliphatic heterocycles. The van der Waals surface area contributed by atoms with Gasteiger partial charge in [-0.15, -0.1) is 4.80 Å². The van der Waals surface area contributed by atoms with Gasteiger partial charge >= 0.3 is 0 Å². The number of amides is 1. The van der Waals surface area contributed by atoms with Crippen LogP contribution < -0.4 is 0 Å². The van der Waals surface area contributed by atoms with E-state index in [2.05, 4.69) is 39.2 Å². The lowest BCUT2D eigenvalue weighted by Crippen LogP contribution is -2.33. The van der Waals surface area contributed by atoms with E-state index in [-0.39, 0.29) is 11.9 Å². The minimum atomic E-state index is -0.155. The lowest BCUT2D eigenvalue weighted by atomic mass is 10.2. The van der Waals surface area contributed by atoms with Crippen LogP contribution in [0.2, 0.25) is 0 Å². The van der Waals surface area contributed by atoms with Gasteiger partial charge in [-0.05, 0) is 31.9 Å². The van der Waals surface area contributed by atoms with Crippen molar-refractivity contribution in [2.24, 2.45) is 0 Å². The van der Waals surface area contributed by atoms with Crippen molar-refractivity contribution in [2.45, 2.75) is 39.7 Å². The van der Waals surface area contributed by atoms with Gasteiger partial charge in [-0.1, -0.05) is 13.8 Å². The van der Waals surface area contributed by atoms with E-state index < -0.39 is 0 Å². The zero-order chi connectivity index (χ0) is 19.6. The van der Waals surface area contributed by atoms with Crippen molar-refractivity contribution in [3.8, 4) is 5.82 Å². The largest absolute Gasteiger partial charge is 0.339 e. The summed E-state index contributed by atoms with van der Waals surface area (Å²) < 4.78 is 0. The lowest BCUT2D eigenvalue weighted by Gasteiger charge is -2.22. The van der Waals surface area contributed by atoms with Crippen molar-refractivity contribution in [3.05, 3.63) is 47.7 Å². The Bertz CT molecular complexity index is 915. The Labute approximate surface area is 158 Å². The maximum Gasteiger partial charge on any atom is 0.257 e. The maximum absolute atomic E-state index is 13.0. The lowest BCUT2D eigenvalue weighted by molar-refractivity contribution is 0.0771. The topological polar surface area (TPSA) is 94.6 Å². The average Bonchev–Trinajstić information content (AvgIpc) is 3.32. The number of hydrogen-bond donors (Lipinski definition) is 0. The minimum absolute atomic E-state index is 0.0591. The van der Waals surface area contributed by atoms with Crippen LogP contribution in [-0.4, -0.2) is 59.4 Å². The molecule has 0 fully saturated rings. The van der Waals surface area contributed by atoms with Gasteiger partial charge < -0.3 is 4.90 Å². The van der Waals surface area contributed by atoms with Crippen LogP contribution in [0.15, 0.2) is 30.7 Å². The van der Waals surface area contributed by atoms with Crippen LogP contribution in [-0.2, 0) is 0 Å². The quantitative estimate of drug-likeness (QED) is 0.661. The van der Waals surface area contributed by atoms with Gasteiger partial charge in [0.2, 0.25) is 0 Å². The molecular weight excluding hydrogens is 344 g/mol. The fourth-order valence-electron chi connectivity index (χ4n) is 2.71. The summed E-state index contributed by atoms with van der Waals surface area (Å²) in [6, 6.07) is 3.51. The Hall–Kier alpha value is -3.10. The summed E-state index contributed by atoms with van der Waals surface area (Å²) in [5.41, 5.74) is 2.17. The van der Waals surface area contributed by atoms with Gasteiger partial charge in [0.25, 0.3) is 5.91 Å². The Kier molecular flexibility index (Phi) is 5.29. The Morgan fingerprint density at radius 1 is 1.15 bits per heavy atom. The summed E-state index contributed by atoms with van der Waals surface area (Å²) >= 11 is 0. The van der Waals surface area contributed by atoms with E-state index in [0.717, 1.165) is 11.4 Å². The highest BCUT2D eigenvalue weighted by Crippen LogP contribution is 2.16. The molecule has 27 heavy (non-hydrogen) atoms. The highest BCUT2D eigenvalue weighted by Gasteiger charge is 2.22. The first-order valence-electron chi connectivity index (χ1n) is 8.88. The van der Waals surface area contributed by atoms with E-state index in [1.54, 1.807) is 41.4 Å². The molecule has 0 aliphatic carbocycles. The van der Waals surface area contributed by atoms with Crippen molar-refractivity contribution in [1.82, 2.24) is 39.9 Å². The predicted molar refractivity (Wildman–Crippen MR) is 99.7 cm³/mol. The number of aryl methyl sites for hydroxylation is 1. The molecule has 3 rings (SSSR count). The molecule has 3 heterocycles. The summed E-state index contributed by atoms with van der Waals surface area (Å²) in [4.78, 5) is 22.1. The van der Waals surface area contributed by atoms with Crippen molar-refractivity contribution >= 4 is 5.91 Å². The molecule has 9 nitrogen and oxygen atoms in total. The fraction of sp³-hybridized carbons (Fsp3) is 0.444. The second-order valence-electron chi connectivity index (χ2n) is 6.92. The summed E-state index contributed by atoms with van der Waals surface area (Å²) in [7, 11) is 1.76. The molecule has 3 aromatic heterocycles. The molecule has 0 saturated carbocycles. The van der Waals surface area contributed by atoms with Gasteiger partial charge in [0, 0.05) is 19.3 Å². The van der Waals surface area contributed by atoms with Crippen molar-refractivity contribution in [2.75, 3.05) is 13.6 Å². The normalized spacial score (nSPS) is 12.4. The molecule has 0 saturated heterocycles. The van der Waals surface area contributed by atoms with Crippen molar-refractivity contribution < 1.29 is 4.79 Å². The number of rotatable bonds is 6. The van der Waals surface area contributed by atoms with E-state index in [9.17, 15) is 4.79 Å². The van der Waals surface area contributed by atoms with Crippen LogP contribution >= 0.6 is 0 Å². The van der Waals surface area contributed by atoms with E-state index in [1.807, 2.05) is 19.9 Å².